The van der Waals surface area contributed by atoms with Crippen molar-refractivity contribution in [3.8, 4) is 0 Å². The molecule has 1 amide bonds. The number of thiocarbonyl (C=S) groups is 1. The molecule has 0 N–H and O–H groups in total. The van der Waals surface area contributed by atoms with Crippen LogP contribution in [-0.4, -0.2) is 17.6 Å². The molecule has 1 heterocycles. The monoisotopic (exact) mass is 282 g/mol. The van der Waals surface area contributed by atoms with Gasteiger partial charge in [-0.1, -0.05) is 35.9 Å². The van der Waals surface area contributed by atoms with Gasteiger partial charge in [0.25, 0.3) is 5.91 Å². The minimum Gasteiger partial charge on any atom is -0.309 e. The summed E-state index contributed by atoms with van der Waals surface area (Å²) in [6.45, 7) is 2.31. The number of rotatable bonds is 2. The maximum atomic E-state index is 12.3. The van der Waals surface area contributed by atoms with Crippen molar-refractivity contribution in [1.29, 1.82) is 0 Å². The van der Waals surface area contributed by atoms with Crippen molar-refractivity contribution in [3.63, 3.8) is 0 Å². The van der Waals surface area contributed by atoms with E-state index in [9.17, 15) is 4.79 Å². The molecule has 4 heteroatoms. The second kappa shape index (κ2) is 5.06. The predicted molar refractivity (Wildman–Crippen MR) is 85.1 cm³/mol. The zero-order valence-electron chi connectivity index (χ0n) is 11.1. The Balaban J connectivity index is 1.93. The van der Waals surface area contributed by atoms with E-state index in [-0.39, 0.29) is 12.5 Å². The van der Waals surface area contributed by atoms with Crippen molar-refractivity contribution >= 4 is 34.6 Å². The lowest BCUT2D eigenvalue weighted by atomic mass is 10.2. The molecule has 0 saturated carbocycles. The minimum absolute atomic E-state index is 0.00251. The van der Waals surface area contributed by atoms with E-state index in [1.165, 1.54) is 0 Å². The van der Waals surface area contributed by atoms with Crippen LogP contribution in [0, 0.1) is 6.92 Å². The van der Waals surface area contributed by atoms with Gasteiger partial charge in [0.1, 0.15) is 6.54 Å². The molecule has 1 aliphatic heterocycles. The van der Waals surface area contributed by atoms with E-state index in [0.29, 0.717) is 5.11 Å². The van der Waals surface area contributed by atoms with E-state index in [2.05, 4.69) is 0 Å². The first-order chi connectivity index (χ1) is 9.66. The molecule has 0 bridgehead atoms. The topological polar surface area (TPSA) is 23.6 Å². The number of para-hydroxylation sites is 1. The van der Waals surface area contributed by atoms with E-state index < -0.39 is 0 Å². The van der Waals surface area contributed by atoms with Crippen LogP contribution in [0.3, 0.4) is 0 Å². The first-order valence-electron chi connectivity index (χ1n) is 6.43. The molecular formula is C16H14N2OS. The van der Waals surface area contributed by atoms with E-state index in [4.69, 9.17) is 12.2 Å². The predicted octanol–water partition coefficient (Wildman–Crippen LogP) is 3.13. The summed E-state index contributed by atoms with van der Waals surface area (Å²) in [5.74, 6) is 0.00251. The molecule has 2 aromatic rings. The molecule has 100 valence electrons. The molecule has 0 radical (unpaired) electrons. The Morgan fingerprint density at radius 2 is 1.60 bits per heavy atom. The van der Waals surface area contributed by atoms with Gasteiger partial charge < -0.3 is 4.90 Å². The normalized spacial score (nSPS) is 15.1. The second-order valence-electron chi connectivity index (χ2n) is 4.77. The highest BCUT2D eigenvalue weighted by Gasteiger charge is 2.34. The van der Waals surface area contributed by atoms with Crippen molar-refractivity contribution in [1.82, 2.24) is 0 Å². The Labute approximate surface area is 123 Å². The lowest BCUT2D eigenvalue weighted by molar-refractivity contribution is -0.115. The summed E-state index contributed by atoms with van der Waals surface area (Å²) >= 11 is 5.47. The van der Waals surface area contributed by atoms with Gasteiger partial charge in [-0.25, -0.2) is 0 Å². The number of aryl methyl sites for hydroxylation is 1. The van der Waals surface area contributed by atoms with E-state index in [1.807, 2.05) is 66.4 Å². The summed E-state index contributed by atoms with van der Waals surface area (Å²) in [4.78, 5) is 15.7. The minimum atomic E-state index is 0.00251. The van der Waals surface area contributed by atoms with Crippen molar-refractivity contribution in [2.75, 3.05) is 16.3 Å². The van der Waals surface area contributed by atoms with Gasteiger partial charge in [0.05, 0.1) is 5.69 Å². The molecule has 0 atom stereocenters. The number of carbonyl (C=O) groups is 1. The number of benzene rings is 2. The van der Waals surface area contributed by atoms with Crippen LogP contribution in [0.25, 0.3) is 0 Å². The van der Waals surface area contributed by atoms with Gasteiger partial charge in [0, 0.05) is 5.69 Å². The fourth-order valence-electron chi connectivity index (χ4n) is 2.26. The lowest BCUT2D eigenvalue weighted by Crippen LogP contribution is -2.32. The van der Waals surface area contributed by atoms with Crippen molar-refractivity contribution in [3.05, 3.63) is 60.2 Å². The standard InChI is InChI=1S/C16H14N2OS/c1-12-7-9-14(10-8-12)18-15(19)11-17(16(18)20)13-5-3-2-4-6-13/h2-10H,11H2,1H3. The van der Waals surface area contributed by atoms with Crippen LogP contribution in [0.1, 0.15) is 5.56 Å². The number of anilines is 2. The molecule has 20 heavy (non-hydrogen) atoms. The average molecular weight is 282 g/mol. The molecule has 1 fully saturated rings. The molecular weight excluding hydrogens is 268 g/mol. The quantitative estimate of drug-likeness (QED) is 0.791. The Morgan fingerprint density at radius 3 is 2.25 bits per heavy atom. The van der Waals surface area contributed by atoms with Crippen molar-refractivity contribution < 1.29 is 4.79 Å². The molecule has 0 aromatic heterocycles. The fourth-order valence-corrected chi connectivity index (χ4v) is 2.64. The third kappa shape index (κ3) is 2.18. The van der Waals surface area contributed by atoms with Crippen LogP contribution >= 0.6 is 12.2 Å². The first-order valence-corrected chi connectivity index (χ1v) is 6.84. The molecule has 3 rings (SSSR count). The SMILES string of the molecule is Cc1ccc(N2C(=O)CN(c3ccccc3)C2=S)cc1. The maximum Gasteiger partial charge on any atom is 0.253 e. The van der Waals surface area contributed by atoms with Crippen molar-refractivity contribution in [2.24, 2.45) is 0 Å². The molecule has 2 aromatic carbocycles. The van der Waals surface area contributed by atoms with E-state index in [1.54, 1.807) is 4.90 Å². The van der Waals surface area contributed by atoms with Gasteiger partial charge in [-0.05, 0) is 43.4 Å². The van der Waals surface area contributed by atoms with E-state index in [0.717, 1.165) is 16.9 Å². The van der Waals surface area contributed by atoms with Crippen LogP contribution in [0.15, 0.2) is 54.6 Å². The maximum absolute atomic E-state index is 12.3. The van der Waals surface area contributed by atoms with Crippen molar-refractivity contribution in [2.45, 2.75) is 6.92 Å². The third-order valence-electron chi connectivity index (χ3n) is 3.33. The molecule has 1 aliphatic rings. The molecule has 3 nitrogen and oxygen atoms in total. The highest BCUT2D eigenvalue weighted by atomic mass is 32.1. The van der Waals surface area contributed by atoms with Gasteiger partial charge in [-0.2, -0.15) is 0 Å². The first kappa shape index (κ1) is 12.8. The van der Waals surface area contributed by atoms with Gasteiger partial charge in [0.15, 0.2) is 5.11 Å². The molecule has 0 unspecified atom stereocenters. The Bertz CT molecular complexity index is 652. The fraction of sp³-hybridized carbons (Fsp3) is 0.125. The Hall–Kier alpha value is -2.20. The van der Waals surface area contributed by atoms with E-state index >= 15 is 0 Å². The molecule has 0 aliphatic carbocycles. The van der Waals surface area contributed by atoms with Crippen LogP contribution in [-0.2, 0) is 4.79 Å². The lowest BCUT2D eigenvalue weighted by Gasteiger charge is -2.20. The van der Waals surface area contributed by atoms with Crippen LogP contribution in [0.4, 0.5) is 11.4 Å². The smallest absolute Gasteiger partial charge is 0.253 e. The van der Waals surface area contributed by atoms with Crippen LogP contribution < -0.4 is 9.80 Å². The van der Waals surface area contributed by atoms with Crippen LogP contribution in [0.2, 0.25) is 0 Å². The van der Waals surface area contributed by atoms with Gasteiger partial charge in [-0.3, -0.25) is 9.69 Å². The van der Waals surface area contributed by atoms with Crippen LogP contribution in [0.5, 0.6) is 0 Å². The summed E-state index contributed by atoms with van der Waals surface area (Å²) in [5, 5.41) is 0.532. The summed E-state index contributed by atoms with van der Waals surface area (Å²) in [7, 11) is 0. The number of hydrogen-bond donors (Lipinski definition) is 0. The molecule has 0 spiro atoms. The summed E-state index contributed by atoms with van der Waals surface area (Å²) < 4.78 is 0. The summed E-state index contributed by atoms with van der Waals surface area (Å²) in [5.41, 5.74) is 2.93. The largest absolute Gasteiger partial charge is 0.309 e. The third-order valence-corrected chi connectivity index (χ3v) is 3.73. The van der Waals surface area contributed by atoms with Gasteiger partial charge in [-0.15, -0.1) is 0 Å². The number of carbonyl (C=O) groups excluding carboxylic acids is 1. The second-order valence-corrected chi connectivity index (χ2v) is 5.13. The number of nitrogens with zero attached hydrogens (tertiary/aromatic N) is 2. The summed E-state index contributed by atoms with van der Waals surface area (Å²) in [6, 6.07) is 17.6. The molecule has 1 saturated heterocycles. The average Bonchev–Trinajstić information content (AvgIpc) is 2.76. The summed E-state index contributed by atoms with van der Waals surface area (Å²) in [6.07, 6.45) is 0. The zero-order valence-corrected chi connectivity index (χ0v) is 11.9. The van der Waals surface area contributed by atoms with Gasteiger partial charge in [0.2, 0.25) is 0 Å². The number of hydrogen-bond acceptors (Lipinski definition) is 2. The highest BCUT2D eigenvalue weighted by molar-refractivity contribution is 7.81. The number of amides is 1. The van der Waals surface area contributed by atoms with Gasteiger partial charge >= 0.3 is 0 Å². The zero-order chi connectivity index (χ0) is 14.1. The highest BCUT2D eigenvalue weighted by Crippen LogP contribution is 2.26. The Kier molecular flexibility index (Phi) is 3.24. The Morgan fingerprint density at radius 1 is 0.950 bits per heavy atom.